The Morgan fingerprint density at radius 3 is 1.38 bits per heavy atom. The van der Waals surface area contributed by atoms with Gasteiger partial charge in [0, 0.05) is 33.3 Å². The van der Waals surface area contributed by atoms with E-state index in [9.17, 15) is 0 Å². The molecule has 0 fully saturated rings. The molecule has 0 atom stereocenters. The van der Waals surface area contributed by atoms with Crippen molar-refractivity contribution in [2.24, 2.45) is 0 Å². The molecule has 0 amide bonds. The molecule has 300 valence electrons. The summed E-state index contributed by atoms with van der Waals surface area (Å²) < 4.78 is 6.38. The monoisotopic (exact) mass is 815 g/mol. The highest BCUT2D eigenvalue weighted by Crippen LogP contribution is 2.49. The molecule has 11 aromatic carbocycles. The van der Waals surface area contributed by atoms with Gasteiger partial charge in [0.05, 0.1) is 5.69 Å². The van der Waals surface area contributed by atoms with Crippen LogP contribution in [-0.4, -0.2) is 0 Å². The van der Waals surface area contributed by atoms with Crippen molar-refractivity contribution in [3.05, 3.63) is 249 Å². The van der Waals surface area contributed by atoms with Crippen molar-refractivity contribution in [3.8, 4) is 55.6 Å². The second-order valence-corrected chi connectivity index (χ2v) is 16.4. The zero-order valence-electron chi connectivity index (χ0n) is 35.0. The summed E-state index contributed by atoms with van der Waals surface area (Å²) >= 11 is 0. The topological polar surface area (TPSA) is 16.4 Å². The van der Waals surface area contributed by atoms with Gasteiger partial charge < -0.3 is 9.32 Å². The van der Waals surface area contributed by atoms with Gasteiger partial charge in [-0.05, 0) is 109 Å². The van der Waals surface area contributed by atoms with Crippen LogP contribution in [0.4, 0.5) is 17.1 Å². The van der Waals surface area contributed by atoms with E-state index in [2.05, 4.69) is 241 Å². The molecule has 2 heteroatoms. The predicted molar refractivity (Wildman–Crippen MR) is 271 cm³/mol. The summed E-state index contributed by atoms with van der Waals surface area (Å²) in [5, 5.41) is 7.13. The molecule has 0 unspecified atom stereocenters. The maximum Gasteiger partial charge on any atom is 0.135 e. The molecule has 0 aliphatic heterocycles. The molecule has 0 radical (unpaired) electrons. The summed E-state index contributed by atoms with van der Waals surface area (Å²) in [5.74, 6) is 0. The van der Waals surface area contributed by atoms with Crippen LogP contribution in [0.15, 0.2) is 253 Å². The number of para-hydroxylation sites is 2. The second kappa shape index (κ2) is 15.8. The smallest absolute Gasteiger partial charge is 0.135 e. The minimum Gasteiger partial charge on any atom is -0.456 e. The van der Waals surface area contributed by atoms with Gasteiger partial charge >= 0.3 is 0 Å². The highest BCUT2D eigenvalue weighted by atomic mass is 16.3. The fourth-order valence-corrected chi connectivity index (χ4v) is 9.75. The van der Waals surface area contributed by atoms with Gasteiger partial charge in [-0.2, -0.15) is 0 Å². The molecule has 0 aliphatic rings. The summed E-state index contributed by atoms with van der Waals surface area (Å²) in [7, 11) is 0. The summed E-state index contributed by atoms with van der Waals surface area (Å²) in [6.45, 7) is 0. The molecule has 0 saturated heterocycles. The SMILES string of the molecule is c1ccc(-c2cccc(-c3ccccc3)c2N(c2cccc(-c3ccc4c(c3)c(-c3ccccc3)c(-c3ccccc3)c3ccccc34)c2)c2ccc3oc4ccccc4c3c2)cc1. The Bertz CT molecular complexity index is 3590. The largest absolute Gasteiger partial charge is 0.456 e. The fourth-order valence-electron chi connectivity index (χ4n) is 9.75. The zero-order valence-corrected chi connectivity index (χ0v) is 35.0. The fraction of sp³-hybridized carbons (Fsp3) is 0. The summed E-state index contributed by atoms with van der Waals surface area (Å²) in [5.41, 5.74) is 16.7. The molecule has 64 heavy (non-hydrogen) atoms. The highest BCUT2D eigenvalue weighted by Gasteiger charge is 2.24. The lowest BCUT2D eigenvalue weighted by molar-refractivity contribution is 0.669. The van der Waals surface area contributed by atoms with Crippen molar-refractivity contribution in [2.45, 2.75) is 0 Å². The Morgan fingerprint density at radius 1 is 0.250 bits per heavy atom. The van der Waals surface area contributed by atoms with Crippen LogP contribution in [0.5, 0.6) is 0 Å². The molecular formula is C62H41NO. The van der Waals surface area contributed by atoms with Crippen molar-refractivity contribution < 1.29 is 4.42 Å². The molecule has 12 aromatic rings. The first-order valence-corrected chi connectivity index (χ1v) is 21.9. The van der Waals surface area contributed by atoms with E-state index < -0.39 is 0 Å². The number of nitrogens with zero attached hydrogens (tertiary/aromatic N) is 1. The number of benzene rings is 11. The van der Waals surface area contributed by atoms with E-state index >= 15 is 0 Å². The van der Waals surface area contributed by atoms with Gasteiger partial charge in [0.15, 0.2) is 0 Å². The van der Waals surface area contributed by atoms with Gasteiger partial charge in [0.25, 0.3) is 0 Å². The first kappa shape index (κ1) is 37.3. The van der Waals surface area contributed by atoms with E-state index in [1.54, 1.807) is 0 Å². The molecule has 0 aliphatic carbocycles. The minimum absolute atomic E-state index is 0.867. The van der Waals surface area contributed by atoms with Gasteiger partial charge in [0.2, 0.25) is 0 Å². The number of fused-ring (bicyclic) bond motifs is 6. The van der Waals surface area contributed by atoms with Crippen LogP contribution in [0, 0.1) is 0 Å². The standard InChI is InChI=1S/C62H41NO/c1-5-19-42(20-6-1)50-32-18-33-51(43-21-7-2-8-22-43)62(50)63(49-36-38-59-56(41-49)54-30-15-16-34-58(54)64-59)48-28-17-27-46(39-48)47-35-37-53-52-29-13-14-31-55(52)60(44-23-9-3-10-24-44)61(57(53)40-47)45-25-11-4-12-26-45/h1-41H. The van der Waals surface area contributed by atoms with Gasteiger partial charge in [-0.15, -0.1) is 0 Å². The van der Waals surface area contributed by atoms with Gasteiger partial charge in [-0.25, -0.2) is 0 Å². The van der Waals surface area contributed by atoms with E-state index in [1.165, 1.54) is 43.8 Å². The van der Waals surface area contributed by atoms with E-state index in [-0.39, 0.29) is 0 Å². The highest BCUT2D eigenvalue weighted by molar-refractivity contribution is 6.22. The number of hydrogen-bond acceptors (Lipinski definition) is 2. The molecule has 0 bridgehead atoms. The maximum atomic E-state index is 6.38. The maximum absolute atomic E-state index is 6.38. The van der Waals surface area contributed by atoms with Crippen LogP contribution in [0.25, 0.3) is 99.1 Å². The molecule has 1 aromatic heterocycles. The number of anilines is 3. The third-order valence-corrected chi connectivity index (χ3v) is 12.6. The predicted octanol–water partition coefficient (Wildman–Crippen LogP) is 17.7. The minimum atomic E-state index is 0.867. The van der Waals surface area contributed by atoms with E-state index in [4.69, 9.17) is 4.42 Å². The Balaban J connectivity index is 1.12. The van der Waals surface area contributed by atoms with E-state index in [0.717, 1.165) is 72.4 Å². The van der Waals surface area contributed by atoms with Crippen LogP contribution >= 0.6 is 0 Å². The Labute approximate surface area is 372 Å². The molecule has 2 nitrogen and oxygen atoms in total. The van der Waals surface area contributed by atoms with Crippen LogP contribution in [-0.2, 0) is 0 Å². The van der Waals surface area contributed by atoms with Crippen molar-refractivity contribution >= 4 is 60.5 Å². The lowest BCUT2D eigenvalue weighted by Crippen LogP contribution is -2.13. The lowest BCUT2D eigenvalue weighted by Gasteiger charge is -2.31. The molecule has 0 saturated carbocycles. The van der Waals surface area contributed by atoms with Crippen molar-refractivity contribution in [2.75, 3.05) is 4.90 Å². The van der Waals surface area contributed by atoms with Gasteiger partial charge in [-0.3, -0.25) is 0 Å². The van der Waals surface area contributed by atoms with Crippen LogP contribution in [0.1, 0.15) is 0 Å². The number of rotatable bonds is 8. The molecule has 12 rings (SSSR count). The van der Waals surface area contributed by atoms with E-state index in [1.807, 2.05) is 12.1 Å². The third kappa shape index (κ3) is 6.44. The normalized spacial score (nSPS) is 11.4. The summed E-state index contributed by atoms with van der Waals surface area (Å²) in [4.78, 5) is 2.45. The Kier molecular flexibility index (Phi) is 9.20. The van der Waals surface area contributed by atoms with Crippen molar-refractivity contribution in [1.82, 2.24) is 0 Å². The van der Waals surface area contributed by atoms with Gasteiger partial charge in [-0.1, -0.05) is 206 Å². The first-order chi connectivity index (χ1) is 31.8. The number of hydrogen-bond donors (Lipinski definition) is 0. The molecular weight excluding hydrogens is 775 g/mol. The van der Waals surface area contributed by atoms with Crippen LogP contribution in [0.2, 0.25) is 0 Å². The van der Waals surface area contributed by atoms with Crippen molar-refractivity contribution in [1.29, 1.82) is 0 Å². The van der Waals surface area contributed by atoms with Crippen LogP contribution < -0.4 is 4.90 Å². The van der Waals surface area contributed by atoms with Crippen molar-refractivity contribution in [3.63, 3.8) is 0 Å². The molecule has 0 N–H and O–H groups in total. The quantitative estimate of drug-likeness (QED) is 0.142. The Morgan fingerprint density at radius 2 is 0.719 bits per heavy atom. The number of furan rings is 1. The first-order valence-electron chi connectivity index (χ1n) is 21.9. The van der Waals surface area contributed by atoms with Crippen LogP contribution in [0.3, 0.4) is 0 Å². The van der Waals surface area contributed by atoms with Gasteiger partial charge in [0.1, 0.15) is 11.2 Å². The molecule has 1 heterocycles. The van der Waals surface area contributed by atoms with E-state index in [0.29, 0.717) is 0 Å². The average Bonchev–Trinajstić information content (AvgIpc) is 3.75. The summed E-state index contributed by atoms with van der Waals surface area (Å²) in [6, 6.07) is 89.8. The second-order valence-electron chi connectivity index (χ2n) is 16.4. The average molecular weight is 816 g/mol. The molecule has 0 spiro atoms. The zero-order chi connectivity index (χ0) is 42.4. The lowest BCUT2D eigenvalue weighted by atomic mass is 9.84. The summed E-state index contributed by atoms with van der Waals surface area (Å²) in [6.07, 6.45) is 0. The third-order valence-electron chi connectivity index (χ3n) is 12.6. The Hall–Kier alpha value is -8.46.